The van der Waals surface area contributed by atoms with Gasteiger partial charge in [-0.25, -0.2) is 4.98 Å². The quantitative estimate of drug-likeness (QED) is 0.713. The third-order valence-electron chi connectivity index (χ3n) is 5.86. The molecular formula is C21H27N5O. The zero-order valence-electron chi connectivity index (χ0n) is 16.6. The van der Waals surface area contributed by atoms with Gasteiger partial charge in [0.2, 0.25) is 5.91 Å². The Kier molecular flexibility index (Phi) is 4.50. The van der Waals surface area contributed by atoms with Crippen molar-refractivity contribution in [2.45, 2.75) is 52.6 Å². The average molecular weight is 365 g/mol. The second-order valence-electron chi connectivity index (χ2n) is 7.42. The number of rotatable bonds is 4. The number of para-hydroxylation sites is 2. The Morgan fingerprint density at radius 2 is 2.04 bits per heavy atom. The van der Waals surface area contributed by atoms with Crippen LogP contribution in [0.3, 0.4) is 0 Å². The number of hydrogen-bond acceptors (Lipinski definition) is 3. The van der Waals surface area contributed by atoms with E-state index in [2.05, 4.69) is 29.6 Å². The van der Waals surface area contributed by atoms with E-state index >= 15 is 0 Å². The number of carbonyl (C=O) groups excluding carboxylic acids is 1. The van der Waals surface area contributed by atoms with Crippen LogP contribution >= 0.6 is 0 Å². The van der Waals surface area contributed by atoms with E-state index in [1.54, 1.807) is 0 Å². The molecule has 0 saturated carbocycles. The van der Waals surface area contributed by atoms with Crippen molar-refractivity contribution in [3.8, 4) is 0 Å². The molecule has 4 rings (SSSR count). The molecule has 0 spiro atoms. The van der Waals surface area contributed by atoms with Gasteiger partial charge in [0, 0.05) is 19.3 Å². The average Bonchev–Trinajstić information content (AvgIpc) is 3.33. The smallest absolute Gasteiger partial charge is 0.244 e. The van der Waals surface area contributed by atoms with Crippen LogP contribution in [0.5, 0.6) is 0 Å². The van der Waals surface area contributed by atoms with Crippen LogP contribution in [0.1, 0.15) is 48.6 Å². The molecule has 2 aromatic heterocycles. The molecule has 0 aliphatic carbocycles. The molecule has 1 aromatic carbocycles. The van der Waals surface area contributed by atoms with Crippen molar-refractivity contribution >= 4 is 16.9 Å². The Balaban J connectivity index is 1.61. The minimum Gasteiger partial charge on any atom is -0.331 e. The van der Waals surface area contributed by atoms with Gasteiger partial charge >= 0.3 is 0 Å². The third kappa shape index (κ3) is 2.93. The number of benzene rings is 1. The van der Waals surface area contributed by atoms with Crippen molar-refractivity contribution in [3.63, 3.8) is 0 Å². The molecular weight excluding hydrogens is 338 g/mol. The zero-order valence-corrected chi connectivity index (χ0v) is 16.6. The Labute approximate surface area is 159 Å². The van der Waals surface area contributed by atoms with Gasteiger partial charge < -0.3 is 9.47 Å². The van der Waals surface area contributed by atoms with Gasteiger partial charge in [-0.2, -0.15) is 5.10 Å². The minimum atomic E-state index is 0.0394. The van der Waals surface area contributed by atoms with Crippen molar-refractivity contribution in [1.82, 2.24) is 24.2 Å². The van der Waals surface area contributed by atoms with Crippen LogP contribution in [0.4, 0.5) is 0 Å². The van der Waals surface area contributed by atoms with Crippen molar-refractivity contribution in [1.29, 1.82) is 0 Å². The predicted octanol–water partition coefficient (Wildman–Crippen LogP) is 3.31. The summed E-state index contributed by atoms with van der Waals surface area (Å²) in [6, 6.07) is 8.18. The van der Waals surface area contributed by atoms with Crippen LogP contribution in [-0.2, 0) is 24.8 Å². The molecule has 0 radical (unpaired) electrons. The number of amides is 1. The fraction of sp³-hybridized carbons (Fsp3) is 0.476. The van der Waals surface area contributed by atoms with Gasteiger partial charge in [0.25, 0.3) is 0 Å². The van der Waals surface area contributed by atoms with Gasteiger partial charge in [-0.05, 0) is 50.8 Å². The molecule has 1 saturated heterocycles. The molecule has 1 fully saturated rings. The van der Waals surface area contributed by atoms with E-state index in [0.717, 1.165) is 54.1 Å². The molecule has 0 unspecified atom stereocenters. The van der Waals surface area contributed by atoms with Crippen LogP contribution in [0.15, 0.2) is 24.3 Å². The van der Waals surface area contributed by atoms with Gasteiger partial charge in [-0.3, -0.25) is 9.48 Å². The molecule has 1 amide bonds. The number of fused-ring (bicyclic) bond motifs is 1. The first-order chi connectivity index (χ1) is 13.0. The monoisotopic (exact) mass is 365 g/mol. The summed E-state index contributed by atoms with van der Waals surface area (Å²) in [5, 5.41) is 4.59. The molecule has 6 heteroatoms. The molecule has 6 nitrogen and oxygen atoms in total. The topological polar surface area (TPSA) is 56.0 Å². The number of carbonyl (C=O) groups is 1. The number of aryl methyl sites for hydroxylation is 2. The van der Waals surface area contributed by atoms with Crippen LogP contribution < -0.4 is 0 Å². The highest BCUT2D eigenvalue weighted by Gasteiger charge is 2.33. The summed E-state index contributed by atoms with van der Waals surface area (Å²) in [7, 11) is 2.04. The molecule has 3 aromatic rings. The van der Waals surface area contributed by atoms with E-state index in [-0.39, 0.29) is 11.9 Å². The van der Waals surface area contributed by atoms with Crippen LogP contribution in [0.2, 0.25) is 0 Å². The van der Waals surface area contributed by atoms with Crippen molar-refractivity contribution in [3.05, 3.63) is 47.0 Å². The maximum atomic E-state index is 13.1. The Morgan fingerprint density at radius 1 is 1.26 bits per heavy atom. The molecule has 142 valence electrons. The van der Waals surface area contributed by atoms with Gasteiger partial charge in [-0.15, -0.1) is 0 Å². The first-order valence-corrected chi connectivity index (χ1v) is 9.75. The SMILES string of the molecule is CCc1c(C)nn(CC(=O)N2CCC[C@@H]2c2nc3ccccc3n2C)c1C. The van der Waals surface area contributed by atoms with Crippen molar-refractivity contribution < 1.29 is 4.79 Å². The lowest BCUT2D eigenvalue weighted by molar-refractivity contribution is -0.133. The summed E-state index contributed by atoms with van der Waals surface area (Å²) < 4.78 is 3.99. The largest absolute Gasteiger partial charge is 0.331 e. The minimum absolute atomic E-state index is 0.0394. The molecule has 0 bridgehead atoms. The number of hydrogen-bond donors (Lipinski definition) is 0. The van der Waals surface area contributed by atoms with E-state index < -0.39 is 0 Å². The maximum Gasteiger partial charge on any atom is 0.244 e. The summed E-state index contributed by atoms with van der Waals surface area (Å²) in [4.78, 5) is 19.9. The summed E-state index contributed by atoms with van der Waals surface area (Å²) in [5.41, 5.74) is 5.47. The molecule has 3 heterocycles. The normalized spacial score (nSPS) is 17.2. The second kappa shape index (κ2) is 6.83. The molecule has 0 N–H and O–H groups in total. The van der Waals surface area contributed by atoms with E-state index in [4.69, 9.17) is 4.98 Å². The maximum absolute atomic E-state index is 13.1. The van der Waals surface area contributed by atoms with Gasteiger partial charge in [-0.1, -0.05) is 19.1 Å². The number of nitrogens with zero attached hydrogens (tertiary/aromatic N) is 5. The fourth-order valence-electron chi connectivity index (χ4n) is 4.41. The van der Waals surface area contributed by atoms with Crippen molar-refractivity contribution in [2.75, 3.05) is 6.54 Å². The molecule has 1 aliphatic rings. The summed E-state index contributed by atoms with van der Waals surface area (Å²) in [6.45, 7) is 7.29. The lowest BCUT2D eigenvalue weighted by atomic mass is 10.1. The third-order valence-corrected chi connectivity index (χ3v) is 5.86. The number of likely N-dealkylation sites (tertiary alicyclic amines) is 1. The Morgan fingerprint density at radius 3 is 2.74 bits per heavy atom. The van der Waals surface area contributed by atoms with Crippen LogP contribution in [0, 0.1) is 13.8 Å². The van der Waals surface area contributed by atoms with Crippen LogP contribution in [-0.4, -0.2) is 36.7 Å². The highest BCUT2D eigenvalue weighted by molar-refractivity contribution is 5.78. The zero-order chi connectivity index (χ0) is 19.1. The number of imidazole rings is 1. The van der Waals surface area contributed by atoms with Crippen molar-refractivity contribution in [2.24, 2.45) is 7.05 Å². The first-order valence-electron chi connectivity index (χ1n) is 9.75. The number of aromatic nitrogens is 4. The Bertz CT molecular complexity index is 1000. The predicted molar refractivity (Wildman–Crippen MR) is 105 cm³/mol. The van der Waals surface area contributed by atoms with E-state index in [1.165, 1.54) is 5.56 Å². The summed E-state index contributed by atoms with van der Waals surface area (Å²) >= 11 is 0. The molecule has 1 aliphatic heterocycles. The van der Waals surface area contributed by atoms with E-state index in [9.17, 15) is 4.79 Å². The standard InChI is InChI=1S/C21H27N5O/c1-5-16-14(2)23-26(15(16)3)13-20(27)25-12-8-11-19(25)21-22-17-9-6-7-10-18(17)24(21)4/h6-7,9-10,19H,5,8,11-13H2,1-4H3/t19-/m1/s1. The lowest BCUT2D eigenvalue weighted by Gasteiger charge is -2.24. The fourth-order valence-corrected chi connectivity index (χ4v) is 4.41. The summed E-state index contributed by atoms with van der Waals surface area (Å²) in [6.07, 6.45) is 2.91. The lowest BCUT2D eigenvalue weighted by Crippen LogP contribution is -2.35. The van der Waals surface area contributed by atoms with Gasteiger partial charge in [0.15, 0.2) is 0 Å². The second-order valence-corrected chi connectivity index (χ2v) is 7.42. The van der Waals surface area contributed by atoms with Gasteiger partial charge in [0.1, 0.15) is 12.4 Å². The first kappa shape index (κ1) is 17.8. The van der Waals surface area contributed by atoms with E-state index in [0.29, 0.717) is 6.54 Å². The Hall–Kier alpha value is -2.63. The molecule has 1 atom stereocenters. The van der Waals surface area contributed by atoms with Crippen LogP contribution in [0.25, 0.3) is 11.0 Å². The van der Waals surface area contributed by atoms with Gasteiger partial charge in [0.05, 0.1) is 22.8 Å². The highest BCUT2D eigenvalue weighted by atomic mass is 16.2. The highest BCUT2D eigenvalue weighted by Crippen LogP contribution is 2.33. The molecule has 27 heavy (non-hydrogen) atoms. The summed E-state index contributed by atoms with van der Waals surface area (Å²) in [5.74, 6) is 1.10. The van der Waals surface area contributed by atoms with E-state index in [1.807, 2.05) is 41.8 Å².